The van der Waals surface area contributed by atoms with Gasteiger partial charge in [0.25, 0.3) is 0 Å². The number of allylic oxidation sites excluding steroid dienone is 1. The number of amides is 1. The lowest BCUT2D eigenvalue weighted by molar-refractivity contribution is 0.0411. The van der Waals surface area contributed by atoms with Crippen molar-refractivity contribution in [2.75, 3.05) is 40.5 Å². The first kappa shape index (κ1) is 25.4. The van der Waals surface area contributed by atoms with Crippen LogP contribution in [0, 0.1) is 11.3 Å². The summed E-state index contributed by atoms with van der Waals surface area (Å²) in [6, 6.07) is 13.2. The highest BCUT2D eigenvalue weighted by Gasteiger charge is 2.37. The van der Waals surface area contributed by atoms with E-state index in [-0.39, 0.29) is 34.6 Å². The second-order valence-electron chi connectivity index (χ2n) is 8.47. The van der Waals surface area contributed by atoms with E-state index in [0.717, 1.165) is 10.0 Å². The lowest BCUT2D eigenvalue weighted by Crippen LogP contribution is -2.42. The molecule has 5 rings (SSSR count). The molecule has 0 saturated carbocycles. The van der Waals surface area contributed by atoms with Crippen LogP contribution in [0.3, 0.4) is 0 Å². The van der Waals surface area contributed by atoms with Gasteiger partial charge in [-0.3, -0.25) is 5.10 Å². The van der Waals surface area contributed by atoms with Crippen LogP contribution in [0.4, 0.5) is 4.79 Å². The molecule has 1 atom stereocenters. The highest BCUT2D eigenvalue weighted by molar-refractivity contribution is 9.10. The number of carbonyl (C=O) groups is 1. The number of fused-ring (bicyclic) bond motifs is 1. The molecule has 1 fully saturated rings. The minimum atomic E-state index is -0.673. The number of nitrogens with one attached hydrogen (secondary N) is 1. The number of carbonyl (C=O) groups excluding carboxylic acids is 1. The normalized spacial score (nSPS) is 16.8. The number of benzene rings is 2. The maximum Gasteiger partial charge on any atom is 0.415 e. The van der Waals surface area contributed by atoms with Gasteiger partial charge in [-0.1, -0.05) is 28.1 Å². The van der Waals surface area contributed by atoms with E-state index in [1.54, 1.807) is 17.0 Å². The molecule has 196 valence electrons. The first-order valence-corrected chi connectivity index (χ1v) is 12.5. The van der Waals surface area contributed by atoms with Crippen molar-refractivity contribution in [3.8, 4) is 40.5 Å². The molecule has 12 heteroatoms. The maximum atomic E-state index is 12.8. The summed E-state index contributed by atoms with van der Waals surface area (Å²) in [4.78, 5) is 14.4. The minimum absolute atomic E-state index is 0.0559. The molecule has 38 heavy (non-hydrogen) atoms. The van der Waals surface area contributed by atoms with E-state index in [4.69, 9.17) is 29.4 Å². The third kappa shape index (κ3) is 4.62. The number of morpholine rings is 1. The summed E-state index contributed by atoms with van der Waals surface area (Å²) in [5, 5.41) is 17.4. The van der Waals surface area contributed by atoms with Crippen molar-refractivity contribution < 1.29 is 28.5 Å². The molecule has 1 amide bonds. The Morgan fingerprint density at radius 2 is 1.84 bits per heavy atom. The number of nitrogens with zero attached hydrogens (tertiary/aromatic N) is 3. The first-order valence-electron chi connectivity index (χ1n) is 11.7. The van der Waals surface area contributed by atoms with Gasteiger partial charge in [-0.2, -0.15) is 5.26 Å². The highest BCUT2D eigenvalue weighted by Crippen LogP contribution is 2.49. The van der Waals surface area contributed by atoms with Crippen molar-refractivity contribution in [1.29, 1.82) is 5.26 Å². The molecule has 1 saturated heterocycles. The molecule has 0 radical (unpaired) electrons. The first-order chi connectivity index (χ1) is 18.4. The number of aromatic nitrogens is 2. The van der Waals surface area contributed by atoms with Gasteiger partial charge < -0.3 is 34.3 Å². The van der Waals surface area contributed by atoms with Crippen LogP contribution in [0.1, 0.15) is 17.0 Å². The smallest absolute Gasteiger partial charge is 0.415 e. The van der Waals surface area contributed by atoms with E-state index in [2.05, 4.69) is 32.2 Å². The number of nitriles is 1. The molecule has 0 aliphatic carbocycles. The number of rotatable bonds is 5. The number of hydrogen-bond donors (Lipinski definition) is 2. The van der Waals surface area contributed by atoms with Crippen LogP contribution in [-0.4, -0.2) is 61.7 Å². The number of halogens is 1. The maximum absolute atomic E-state index is 12.8. The van der Waals surface area contributed by atoms with Crippen molar-refractivity contribution in [3.63, 3.8) is 0 Å². The molecule has 0 spiro atoms. The number of H-pyrrole nitrogens is 1. The van der Waals surface area contributed by atoms with Crippen LogP contribution in [0.5, 0.6) is 23.1 Å². The van der Waals surface area contributed by atoms with E-state index in [0.29, 0.717) is 43.1 Å². The lowest BCUT2D eigenvalue weighted by atomic mass is 9.82. The molecule has 3 aromatic rings. The zero-order chi connectivity index (χ0) is 26.8. The number of aromatic amines is 1. The van der Waals surface area contributed by atoms with Gasteiger partial charge in [-0.05, 0) is 29.8 Å². The third-order valence-electron chi connectivity index (χ3n) is 6.35. The summed E-state index contributed by atoms with van der Waals surface area (Å²) in [5.74, 6) is 0.146. The van der Waals surface area contributed by atoms with E-state index in [1.807, 2.05) is 24.3 Å². The quantitative estimate of drug-likeness (QED) is 0.458. The fourth-order valence-electron chi connectivity index (χ4n) is 4.48. The second kappa shape index (κ2) is 10.6. The Kier molecular flexibility index (Phi) is 7.13. The molecular weight excluding hydrogens is 558 g/mol. The van der Waals surface area contributed by atoms with Gasteiger partial charge in [-0.25, -0.2) is 4.79 Å². The van der Waals surface area contributed by atoms with Gasteiger partial charge >= 0.3 is 6.09 Å². The molecule has 3 N–H and O–H groups in total. The second-order valence-corrected chi connectivity index (χ2v) is 9.39. The number of ether oxygens (including phenoxy) is 5. The molecule has 2 aromatic carbocycles. The van der Waals surface area contributed by atoms with Crippen LogP contribution in [0.2, 0.25) is 0 Å². The van der Waals surface area contributed by atoms with E-state index < -0.39 is 12.0 Å². The Bertz CT molecular complexity index is 1410. The Morgan fingerprint density at radius 1 is 1.18 bits per heavy atom. The minimum Gasteiger partial charge on any atom is -0.493 e. The molecule has 0 bridgehead atoms. The molecule has 3 heterocycles. The average Bonchev–Trinajstić information content (AvgIpc) is 3.36. The zero-order valence-corrected chi connectivity index (χ0v) is 22.2. The predicted octanol–water partition coefficient (Wildman–Crippen LogP) is 3.91. The number of hydrogen-bond acceptors (Lipinski definition) is 9. The Morgan fingerprint density at radius 3 is 2.45 bits per heavy atom. The summed E-state index contributed by atoms with van der Waals surface area (Å²) in [6.45, 7) is 1.71. The monoisotopic (exact) mass is 581 g/mol. The van der Waals surface area contributed by atoms with Crippen LogP contribution >= 0.6 is 15.9 Å². The molecule has 2 aliphatic rings. The van der Waals surface area contributed by atoms with Crippen LogP contribution in [-0.2, 0) is 4.74 Å². The number of methoxy groups -OCH3 is 2. The van der Waals surface area contributed by atoms with Crippen LogP contribution in [0.15, 0.2) is 52.3 Å². The number of nitrogens with two attached hydrogens (primary N) is 1. The molecule has 11 nitrogen and oxygen atoms in total. The largest absolute Gasteiger partial charge is 0.493 e. The SMILES string of the molecule is COc1cc(C2C(C#N)=C(N)Oc3n[nH]c(-c4ccc(Br)cc4)c32)cc(OC)c1OC(=O)N1CCOCC1. The average molecular weight is 582 g/mol. The zero-order valence-electron chi connectivity index (χ0n) is 20.6. The summed E-state index contributed by atoms with van der Waals surface area (Å²) >= 11 is 3.45. The molecule has 2 aliphatic heterocycles. The fraction of sp³-hybridized carbons (Fsp3) is 0.269. The van der Waals surface area contributed by atoms with Crippen molar-refractivity contribution in [2.45, 2.75) is 5.92 Å². The van der Waals surface area contributed by atoms with Gasteiger partial charge in [0.15, 0.2) is 11.5 Å². The lowest BCUT2D eigenvalue weighted by Gasteiger charge is -2.27. The predicted molar refractivity (Wildman–Crippen MR) is 139 cm³/mol. The summed E-state index contributed by atoms with van der Waals surface area (Å²) in [6.07, 6.45) is -0.541. The van der Waals surface area contributed by atoms with Gasteiger partial charge in [0.1, 0.15) is 11.6 Å². The Balaban J connectivity index is 1.61. The molecule has 1 aromatic heterocycles. The fourth-order valence-corrected chi connectivity index (χ4v) is 4.74. The summed E-state index contributed by atoms with van der Waals surface area (Å²) in [5.41, 5.74) is 9.07. The topological polar surface area (TPSA) is 145 Å². The van der Waals surface area contributed by atoms with Crippen molar-refractivity contribution >= 4 is 22.0 Å². The van der Waals surface area contributed by atoms with E-state index in [9.17, 15) is 10.1 Å². The van der Waals surface area contributed by atoms with Gasteiger partial charge in [0.05, 0.1) is 44.6 Å². The molecular formula is C26H24BrN5O6. The van der Waals surface area contributed by atoms with Crippen molar-refractivity contribution in [1.82, 2.24) is 15.1 Å². The van der Waals surface area contributed by atoms with Gasteiger partial charge in [-0.15, -0.1) is 5.10 Å². The van der Waals surface area contributed by atoms with E-state index in [1.165, 1.54) is 14.2 Å². The Hall–Kier alpha value is -4.21. The van der Waals surface area contributed by atoms with Crippen molar-refractivity contribution in [3.05, 3.63) is 63.5 Å². The highest BCUT2D eigenvalue weighted by atomic mass is 79.9. The Labute approximate surface area is 226 Å². The summed E-state index contributed by atoms with van der Waals surface area (Å²) in [7, 11) is 2.92. The standard InChI is InChI=1S/C26H24BrN5O6/c1-34-18-11-15(12-19(35-2)23(18)37-26(33)32-7-9-36-10-8-32)20-17(13-28)24(29)38-25-21(20)22(30-31-25)14-3-5-16(27)6-4-14/h3-6,11-12,20H,7-10,29H2,1-2H3,(H,30,31). The van der Waals surface area contributed by atoms with E-state index >= 15 is 0 Å². The summed E-state index contributed by atoms with van der Waals surface area (Å²) < 4.78 is 28.9. The van der Waals surface area contributed by atoms with Crippen LogP contribution < -0.4 is 24.7 Å². The molecule has 1 unspecified atom stereocenters. The van der Waals surface area contributed by atoms with Crippen LogP contribution in [0.25, 0.3) is 11.3 Å². The third-order valence-corrected chi connectivity index (χ3v) is 6.88. The van der Waals surface area contributed by atoms with Gasteiger partial charge in [0.2, 0.25) is 17.5 Å². The van der Waals surface area contributed by atoms with Crippen molar-refractivity contribution in [2.24, 2.45) is 5.73 Å². The van der Waals surface area contributed by atoms with Gasteiger partial charge in [0, 0.05) is 23.1 Å².